The fraction of sp³-hybridized carbons (Fsp3) is 0.571. The van der Waals surface area contributed by atoms with Gasteiger partial charge in [0, 0.05) is 29.7 Å². The molecule has 2 aliphatic rings. The van der Waals surface area contributed by atoms with Crippen LogP contribution < -0.4 is 4.74 Å². The number of hydrogen-bond donors (Lipinski definition) is 0. The second kappa shape index (κ2) is 13.1. The van der Waals surface area contributed by atoms with Crippen molar-refractivity contribution in [2.45, 2.75) is 81.7 Å². The Kier molecular flexibility index (Phi) is 9.90. The van der Waals surface area contributed by atoms with E-state index in [1.807, 2.05) is 24.3 Å². The highest BCUT2D eigenvalue weighted by atomic mass is 35.5. The summed E-state index contributed by atoms with van der Waals surface area (Å²) in [6.45, 7) is 4.39. The van der Waals surface area contributed by atoms with E-state index in [9.17, 15) is 8.42 Å². The first-order valence-corrected chi connectivity index (χ1v) is 15.1. The van der Waals surface area contributed by atoms with Gasteiger partial charge in [-0.2, -0.15) is 4.31 Å². The van der Waals surface area contributed by atoms with Gasteiger partial charge in [0.2, 0.25) is 10.0 Å². The Morgan fingerprint density at radius 2 is 1.54 bits per heavy atom. The van der Waals surface area contributed by atoms with E-state index in [-0.39, 0.29) is 6.04 Å². The van der Waals surface area contributed by atoms with E-state index in [4.69, 9.17) is 16.3 Å². The summed E-state index contributed by atoms with van der Waals surface area (Å²) < 4.78 is 35.6. The van der Waals surface area contributed by atoms with Crippen LogP contribution in [0.1, 0.15) is 69.8 Å². The van der Waals surface area contributed by atoms with Gasteiger partial charge in [0.15, 0.2) is 0 Å². The summed E-state index contributed by atoms with van der Waals surface area (Å²) in [6, 6.07) is 14.4. The third-order valence-corrected chi connectivity index (χ3v) is 9.44. The number of likely N-dealkylation sites (tertiary alicyclic amines) is 1. The molecule has 1 saturated heterocycles. The molecule has 1 saturated carbocycles. The van der Waals surface area contributed by atoms with E-state index in [1.54, 1.807) is 28.6 Å². The minimum Gasteiger partial charge on any atom is -0.493 e. The van der Waals surface area contributed by atoms with Gasteiger partial charge in [0.25, 0.3) is 0 Å². The van der Waals surface area contributed by atoms with Crippen molar-refractivity contribution in [3.05, 3.63) is 59.1 Å². The van der Waals surface area contributed by atoms with Crippen LogP contribution in [0.4, 0.5) is 0 Å². The van der Waals surface area contributed by atoms with Gasteiger partial charge in [-0.05, 0) is 75.5 Å². The van der Waals surface area contributed by atoms with E-state index in [2.05, 4.69) is 4.90 Å². The number of rotatable bonds is 10. The van der Waals surface area contributed by atoms with Gasteiger partial charge in [-0.25, -0.2) is 8.42 Å². The maximum Gasteiger partial charge on any atom is 0.243 e. The molecule has 7 heteroatoms. The molecule has 5 nitrogen and oxygen atoms in total. The number of piperidine rings is 1. The second-order valence-electron chi connectivity index (χ2n) is 9.86. The summed E-state index contributed by atoms with van der Waals surface area (Å²) in [4.78, 5) is 2.82. The third-order valence-electron chi connectivity index (χ3n) is 7.28. The molecule has 1 aliphatic heterocycles. The van der Waals surface area contributed by atoms with E-state index < -0.39 is 10.0 Å². The van der Waals surface area contributed by atoms with Crippen molar-refractivity contribution in [3.63, 3.8) is 0 Å². The first-order chi connectivity index (χ1) is 17.0. The zero-order chi connectivity index (χ0) is 24.5. The fourth-order valence-corrected chi connectivity index (χ4v) is 7.08. The summed E-state index contributed by atoms with van der Waals surface area (Å²) in [7, 11) is -3.68. The number of sulfonamides is 1. The Hall–Kier alpha value is -1.60. The average Bonchev–Trinajstić information content (AvgIpc) is 3.16. The Morgan fingerprint density at radius 1 is 0.886 bits per heavy atom. The molecule has 2 aromatic rings. The molecule has 0 aromatic heterocycles. The Balaban J connectivity index is 1.50. The van der Waals surface area contributed by atoms with Crippen LogP contribution in [0.15, 0.2) is 53.4 Å². The quantitative estimate of drug-likeness (QED) is 0.266. The zero-order valence-corrected chi connectivity index (χ0v) is 22.3. The van der Waals surface area contributed by atoms with Crippen LogP contribution in [0.5, 0.6) is 5.75 Å². The maximum atomic E-state index is 13.8. The molecule has 2 fully saturated rings. The molecule has 1 aliphatic carbocycles. The Morgan fingerprint density at radius 3 is 2.26 bits per heavy atom. The lowest BCUT2D eigenvalue weighted by Gasteiger charge is -2.31. The fourth-order valence-electron chi connectivity index (χ4n) is 5.29. The molecule has 0 spiro atoms. The molecule has 35 heavy (non-hydrogen) atoms. The number of ether oxygens (including phenoxy) is 1. The molecule has 0 unspecified atom stereocenters. The van der Waals surface area contributed by atoms with Crippen molar-refractivity contribution in [3.8, 4) is 5.75 Å². The lowest BCUT2D eigenvalue weighted by atomic mass is 10.1. The van der Waals surface area contributed by atoms with Crippen LogP contribution in [0, 0.1) is 0 Å². The van der Waals surface area contributed by atoms with Crippen molar-refractivity contribution in [2.75, 3.05) is 26.2 Å². The monoisotopic (exact) mass is 518 g/mol. The van der Waals surface area contributed by atoms with Gasteiger partial charge in [0.1, 0.15) is 5.75 Å². The van der Waals surface area contributed by atoms with Crippen molar-refractivity contribution in [1.29, 1.82) is 0 Å². The van der Waals surface area contributed by atoms with Crippen molar-refractivity contribution < 1.29 is 13.2 Å². The number of para-hydroxylation sites is 1. The highest BCUT2D eigenvalue weighted by Crippen LogP contribution is 2.31. The SMILES string of the molecule is O=S(=O)(c1ccc(Cl)cc1)N(Cc1ccccc1OCCCN1CCCCC1)C1CCCCCC1. The van der Waals surface area contributed by atoms with Gasteiger partial charge in [-0.1, -0.05) is 61.9 Å². The topological polar surface area (TPSA) is 49.9 Å². The summed E-state index contributed by atoms with van der Waals surface area (Å²) in [6.07, 6.45) is 11.2. The van der Waals surface area contributed by atoms with Crippen molar-refractivity contribution in [2.24, 2.45) is 0 Å². The Labute approximate surface area is 216 Å². The zero-order valence-electron chi connectivity index (χ0n) is 20.7. The minimum absolute atomic E-state index is 0.00895. The molecular weight excluding hydrogens is 480 g/mol. The number of nitrogens with zero attached hydrogens (tertiary/aromatic N) is 2. The molecule has 0 N–H and O–H groups in total. The highest BCUT2D eigenvalue weighted by molar-refractivity contribution is 7.89. The molecular formula is C28H39ClN2O3S. The van der Waals surface area contributed by atoms with E-state index in [0.29, 0.717) is 23.1 Å². The highest BCUT2D eigenvalue weighted by Gasteiger charge is 2.32. The molecule has 1 heterocycles. The molecule has 0 bridgehead atoms. The summed E-state index contributed by atoms with van der Waals surface area (Å²) in [5.74, 6) is 0.788. The summed E-state index contributed by atoms with van der Waals surface area (Å²) in [5, 5.41) is 0.535. The van der Waals surface area contributed by atoms with Gasteiger partial charge in [-0.3, -0.25) is 0 Å². The normalized spacial score (nSPS) is 18.5. The smallest absolute Gasteiger partial charge is 0.243 e. The molecule has 192 valence electrons. The molecule has 0 radical (unpaired) electrons. The average molecular weight is 519 g/mol. The van der Waals surface area contributed by atoms with Crippen LogP contribution in [-0.4, -0.2) is 49.9 Å². The molecule has 0 atom stereocenters. The standard InChI is InChI=1S/C28H39ClN2O3S/c29-25-15-17-27(18-16-25)35(32,33)31(26-12-4-1-2-5-13-26)23-24-11-6-7-14-28(24)34-22-10-21-30-19-8-3-9-20-30/h6-7,11,14-18,26H,1-5,8-10,12-13,19-23H2. The largest absolute Gasteiger partial charge is 0.493 e. The van der Waals surface area contributed by atoms with Gasteiger partial charge in [-0.15, -0.1) is 0 Å². The van der Waals surface area contributed by atoms with Crippen LogP contribution in [0.2, 0.25) is 5.02 Å². The van der Waals surface area contributed by atoms with Crippen LogP contribution in [-0.2, 0) is 16.6 Å². The minimum atomic E-state index is -3.68. The lowest BCUT2D eigenvalue weighted by molar-refractivity contribution is 0.203. The molecule has 4 rings (SSSR count). The third kappa shape index (κ3) is 7.45. The van der Waals surface area contributed by atoms with Crippen molar-refractivity contribution in [1.82, 2.24) is 9.21 Å². The lowest BCUT2D eigenvalue weighted by Crippen LogP contribution is -2.39. The Bertz CT molecular complexity index is 1010. The van der Waals surface area contributed by atoms with Crippen LogP contribution >= 0.6 is 11.6 Å². The number of halogens is 1. The van der Waals surface area contributed by atoms with Gasteiger partial charge < -0.3 is 9.64 Å². The van der Waals surface area contributed by atoms with E-state index >= 15 is 0 Å². The first-order valence-electron chi connectivity index (χ1n) is 13.2. The van der Waals surface area contributed by atoms with Crippen LogP contribution in [0.3, 0.4) is 0 Å². The maximum absolute atomic E-state index is 13.8. The first kappa shape index (κ1) is 26.5. The number of hydrogen-bond acceptors (Lipinski definition) is 4. The summed E-state index contributed by atoms with van der Waals surface area (Å²) in [5.41, 5.74) is 0.923. The van der Waals surface area contributed by atoms with Crippen molar-refractivity contribution >= 4 is 21.6 Å². The van der Waals surface area contributed by atoms with Gasteiger partial charge >= 0.3 is 0 Å². The van der Waals surface area contributed by atoms with Gasteiger partial charge in [0.05, 0.1) is 11.5 Å². The number of benzene rings is 2. The molecule has 0 amide bonds. The predicted octanol–water partition coefficient (Wildman–Crippen LogP) is 6.51. The second-order valence-corrected chi connectivity index (χ2v) is 12.2. The van der Waals surface area contributed by atoms with Crippen LogP contribution in [0.25, 0.3) is 0 Å². The van der Waals surface area contributed by atoms with E-state index in [1.165, 1.54) is 45.2 Å². The summed E-state index contributed by atoms with van der Waals surface area (Å²) >= 11 is 6.04. The predicted molar refractivity (Wildman–Crippen MR) is 143 cm³/mol. The molecule has 2 aromatic carbocycles. The van der Waals surface area contributed by atoms with E-state index in [0.717, 1.165) is 50.0 Å².